The Morgan fingerprint density at radius 3 is 2.62 bits per heavy atom. The molecule has 2 N–H and O–H groups in total. The van der Waals surface area contributed by atoms with Crippen LogP contribution in [0, 0.1) is 5.41 Å². The average molecular weight is 390 g/mol. The molecule has 2 aromatic heterocycles. The van der Waals surface area contributed by atoms with Crippen LogP contribution in [0.25, 0.3) is 16.8 Å². The van der Waals surface area contributed by atoms with Gasteiger partial charge in [-0.15, -0.1) is 0 Å². The molecule has 1 fully saturated rings. The van der Waals surface area contributed by atoms with Crippen LogP contribution in [0.2, 0.25) is 10.0 Å². The fourth-order valence-electron chi connectivity index (χ4n) is 3.47. The highest BCUT2D eigenvalue weighted by atomic mass is 35.5. The maximum absolute atomic E-state index is 6.42. The predicted octanol–water partition coefficient (Wildman–Crippen LogP) is 4.91. The summed E-state index contributed by atoms with van der Waals surface area (Å²) in [5.74, 6) is 1.24. The minimum atomic E-state index is 0.365. The number of nitrogen functional groups attached to an aromatic ring is 1. The number of hydrogen-bond donors (Lipinski definition) is 1. The topological polar surface area (TPSA) is 59.5 Å². The van der Waals surface area contributed by atoms with Gasteiger partial charge in [-0.1, -0.05) is 49.2 Å². The molecule has 7 heteroatoms. The maximum atomic E-state index is 6.42. The first kappa shape index (κ1) is 17.4. The molecule has 0 bridgehead atoms. The van der Waals surface area contributed by atoms with E-state index in [1.807, 2.05) is 22.7 Å². The molecule has 1 aliphatic heterocycles. The third kappa shape index (κ3) is 2.89. The highest BCUT2D eigenvalue weighted by Crippen LogP contribution is 2.39. The van der Waals surface area contributed by atoms with E-state index in [1.54, 1.807) is 12.3 Å². The van der Waals surface area contributed by atoms with Gasteiger partial charge in [0.2, 0.25) is 5.95 Å². The van der Waals surface area contributed by atoms with Crippen molar-refractivity contribution >= 4 is 40.6 Å². The number of anilines is 2. The van der Waals surface area contributed by atoms with Crippen LogP contribution in [-0.4, -0.2) is 27.5 Å². The van der Waals surface area contributed by atoms with E-state index in [9.17, 15) is 0 Å². The van der Waals surface area contributed by atoms with Crippen molar-refractivity contribution in [2.75, 3.05) is 23.7 Å². The number of piperidine rings is 1. The number of imidazole rings is 1. The Bertz CT molecular complexity index is 969. The van der Waals surface area contributed by atoms with Crippen LogP contribution in [0.3, 0.4) is 0 Å². The molecule has 0 amide bonds. The van der Waals surface area contributed by atoms with E-state index in [1.165, 1.54) is 0 Å². The van der Waals surface area contributed by atoms with Gasteiger partial charge in [-0.05, 0) is 24.3 Å². The van der Waals surface area contributed by atoms with Crippen molar-refractivity contribution in [3.8, 4) is 11.1 Å². The molecule has 0 saturated carbocycles. The van der Waals surface area contributed by atoms with E-state index in [4.69, 9.17) is 33.9 Å². The van der Waals surface area contributed by atoms with Crippen molar-refractivity contribution in [3.05, 3.63) is 40.6 Å². The lowest BCUT2D eigenvalue weighted by molar-refractivity contribution is 0.278. The highest BCUT2D eigenvalue weighted by molar-refractivity contribution is 6.44. The Hall–Kier alpha value is -1.98. The zero-order chi connectivity index (χ0) is 18.5. The molecule has 0 spiro atoms. The molecular weight excluding hydrogens is 369 g/mol. The molecule has 136 valence electrons. The maximum Gasteiger partial charge on any atom is 0.213 e. The van der Waals surface area contributed by atoms with Gasteiger partial charge in [-0.2, -0.15) is 4.98 Å². The summed E-state index contributed by atoms with van der Waals surface area (Å²) >= 11 is 12.6. The lowest BCUT2D eigenvalue weighted by Gasteiger charge is -2.37. The van der Waals surface area contributed by atoms with Crippen molar-refractivity contribution in [2.24, 2.45) is 5.41 Å². The quantitative estimate of drug-likeness (QED) is 0.675. The second-order valence-corrected chi connectivity index (χ2v) is 8.33. The molecule has 1 saturated heterocycles. The van der Waals surface area contributed by atoms with Crippen molar-refractivity contribution in [1.82, 2.24) is 14.4 Å². The molecule has 1 aromatic carbocycles. The molecular formula is C19H21Cl2N5. The number of fused-ring (bicyclic) bond motifs is 1. The van der Waals surface area contributed by atoms with E-state index >= 15 is 0 Å². The zero-order valence-corrected chi connectivity index (χ0v) is 16.3. The van der Waals surface area contributed by atoms with Crippen LogP contribution >= 0.6 is 23.2 Å². The monoisotopic (exact) mass is 389 g/mol. The largest absolute Gasteiger partial charge is 0.383 e. The molecule has 0 aliphatic carbocycles. The molecule has 0 atom stereocenters. The Morgan fingerprint density at radius 2 is 1.88 bits per heavy atom. The van der Waals surface area contributed by atoms with Crippen LogP contribution in [0.5, 0.6) is 0 Å². The SMILES string of the molecule is CC1(C)CCN(c2nc(N)c(-c3cccc(Cl)c3Cl)c3nccn23)CC1. The van der Waals surface area contributed by atoms with Gasteiger partial charge in [0.15, 0.2) is 5.65 Å². The Labute approximate surface area is 162 Å². The number of nitrogens with two attached hydrogens (primary N) is 1. The van der Waals surface area contributed by atoms with Crippen LogP contribution < -0.4 is 10.6 Å². The molecule has 0 radical (unpaired) electrons. The van der Waals surface area contributed by atoms with Crippen molar-refractivity contribution in [2.45, 2.75) is 26.7 Å². The number of benzene rings is 1. The van der Waals surface area contributed by atoms with E-state index in [-0.39, 0.29) is 0 Å². The molecule has 5 nitrogen and oxygen atoms in total. The number of nitrogens with zero attached hydrogens (tertiary/aromatic N) is 4. The normalized spacial score (nSPS) is 17.0. The zero-order valence-electron chi connectivity index (χ0n) is 14.8. The van der Waals surface area contributed by atoms with Gasteiger partial charge in [-0.3, -0.25) is 4.40 Å². The summed E-state index contributed by atoms with van der Waals surface area (Å²) in [6.45, 7) is 6.51. The summed E-state index contributed by atoms with van der Waals surface area (Å²) in [4.78, 5) is 11.5. The number of aromatic nitrogens is 3. The lowest BCUT2D eigenvalue weighted by Crippen LogP contribution is -2.38. The first-order valence-electron chi connectivity index (χ1n) is 8.69. The summed E-state index contributed by atoms with van der Waals surface area (Å²) in [5.41, 5.74) is 8.92. The fourth-order valence-corrected chi connectivity index (χ4v) is 3.87. The summed E-state index contributed by atoms with van der Waals surface area (Å²) in [6, 6.07) is 5.49. The minimum Gasteiger partial charge on any atom is -0.383 e. The van der Waals surface area contributed by atoms with E-state index in [0.717, 1.165) is 43.1 Å². The standard InChI is InChI=1S/C19H21Cl2N5/c1-19(2)6-9-25(10-7-19)18-24-16(22)14(17-23-8-11-26(17)18)12-4-3-5-13(20)15(12)21/h3-5,8,11H,6-7,9-10,22H2,1-2H3. The van der Waals surface area contributed by atoms with Gasteiger partial charge in [0, 0.05) is 31.0 Å². The number of hydrogen-bond acceptors (Lipinski definition) is 4. The highest BCUT2D eigenvalue weighted by Gasteiger charge is 2.28. The smallest absolute Gasteiger partial charge is 0.213 e. The van der Waals surface area contributed by atoms with Crippen molar-refractivity contribution in [3.63, 3.8) is 0 Å². The number of rotatable bonds is 2. The Kier molecular flexibility index (Phi) is 4.24. The average Bonchev–Trinajstić information content (AvgIpc) is 3.07. The third-order valence-corrected chi connectivity index (χ3v) is 6.00. The fraction of sp³-hybridized carbons (Fsp3) is 0.368. The molecule has 3 aromatic rings. The molecule has 4 rings (SSSR count). The third-order valence-electron chi connectivity index (χ3n) is 5.18. The lowest BCUT2D eigenvalue weighted by atomic mass is 9.83. The van der Waals surface area contributed by atoms with E-state index in [2.05, 4.69) is 23.7 Å². The minimum absolute atomic E-state index is 0.365. The first-order chi connectivity index (χ1) is 12.4. The van der Waals surface area contributed by atoms with Crippen LogP contribution in [-0.2, 0) is 0 Å². The molecule has 26 heavy (non-hydrogen) atoms. The van der Waals surface area contributed by atoms with Crippen LogP contribution in [0.1, 0.15) is 26.7 Å². The van der Waals surface area contributed by atoms with Crippen molar-refractivity contribution < 1.29 is 0 Å². The van der Waals surface area contributed by atoms with Gasteiger partial charge in [0.1, 0.15) is 5.82 Å². The van der Waals surface area contributed by atoms with Gasteiger partial charge >= 0.3 is 0 Å². The summed E-state index contributed by atoms with van der Waals surface area (Å²) in [6.07, 6.45) is 5.91. The summed E-state index contributed by atoms with van der Waals surface area (Å²) in [7, 11) is 0. The molecule has 3 heterocycles. The predicted molar refractivity (Wildman–Crippen MR) is 108 cm³/mol. The van der Waals surface area contributed by atoms with Crippen molar-refractivity contribution in [1.29, 1.82) is 0 Å². The Morgan fingerprint density at radius 1 is 1.15 bits per heavy atom. The van der Waals surface area contributed by atoms with Crippen LogP contribution in [0.4, 0.5) is 11.8 Å². The van der Waals surface area contributed by atoms with Gasteiger partial charge in [0.05, 0.1) is 15.6 Å². The Balaban J connectivity index is 1.85. The second kappa shape index (κ2) is 6.32. The summed E-state index contributed by atoms with van der Waals surface area (Å²) in [5, 5.41) is 0.940. The van der Waals surface area contributed by atoms with Gasteiger partial charge in [-0.25, -0.2) is 4.98 Å². The van der Waals surface area contributed by atoms with Gasteiger partial charge < -0.3 is 10.6 Å². The number of halogens is 2. The first-order valence-corrected chi connectivity index (χ1v) is 9.45. The van der Waals surface area contributed by atoms with Crippen LogP contribution in [0.15, 0.2) is 30.6 Å². The second-order valence-electron chi connectivity index (χ2n) is 7.55. The molecule has 0 unspecified atom stereocenters. The van der Waals surface area contributed by atoms with E-state index in [0.29, 0.717) is 26.8 Å². The van der Waals surface area contributed by atoms with E-state index < -0.39 is 0 Å². The van der Waals surface area contributed by atoms with Gasteiger partial charge in [0.25, 0.3) is 0 Å². The summed E-state index contributed by atoms with van der Waals surface area (Å²) < 4.78 is 1.99. The molecule has 1 aliphatic rings.